The van der Waals surface area contributed by atoms with Crippen LogP contribution in [0.3, 0.4) is 0 Å². The molecule has 1 aromatic rings. The van der Waals surface area contributed by atoms with Gasteiger partial charge in [-0.1, -0.05) is 32.1 Å². The zero-order valence-corrected chi connectivity index (χ0v) is 15.5. The SMILES string of the molecule is CNCc1cc(S(=O)(=O)NC2CCCCCCC2)c(Br)s1. The maximum atomic E-state index is 12.6. The van der Waals surface area contributed by atoms with Gasteiger partial charge in [-0.2, -0.15) is 0 Å². The number of sulfonamides is 1. The van der Waals surface area contributed by atoms with E-state index in [1.165, 1.54) is 30.6 Å². The predicted molar refractivity (Wildman–Crippen MR) is 91.2 cm³/mol. The first-order valence-corrected chi connectivity index (χ1v) is 10.6. The van der Waals surface area contributed by atoms with E-state index in [9.17, 15) is 8.42 Å². The van der Waals surface area contributed by atoms with Crippen LogP contribution in [-0.2, 0) is 16.6 Å². The lowest BCUT2D eigenvalue weighted by atomic mass is 9.97. The molecule has 120 valence electrons. The van der Waals surface area contributed by atoms with Crippen molar-refractivity contribution in [2.45, 2.75) is 62.4 Å². The summed E-state index contributed by atoms with van der Waals surface area (Å²) >= 11 is 4.86. The van der Waals surface area contributed by atoms with Crippen molar-refractivity contribution in [3.8, 4) is 0 Å². The van der Waals surface area contributed by atoms with E-state index in [1.54, 1.807) is 6.07 Å². The monoisotopic (exact) mass is 394 g/mol. The van der Waals surface area contributed by atoms with Gasteiger partial charge in [0.05, 0.1) is 3.79 Å². The number of nitrogens with one attached hydrogen (secondary N) is 2. The van der Waals surface area contributed by atoms with Gasteiger partial charge in [0.25, 0.3) is 0 Å². The van der Waals surface area contributed by atoms with E-state index in [0.29, 0.717) is 15.2 Å². The van der Waals surface area contributed by atoms with E-state index in [4.69, 9.17) is 0 Å². The van der Waals surface area contributed by atoms with Crippen LogP contribution in [0.2, 0.25) is 0 Å². The molecular formula is C14H23BrN2O2S2. The van der Waals surface area contributed by atoms with Crippen molar-refractivity contribution in [1.82, 2.24) is 10.0 Å². The third-order valence-corrected chi connectivity index (χ3v) is 7.55. The molecule has 1 aliphatic rings. The van der Waals surface area contributed by atoms with Gasteiger partial charge < -0.3 is 5.32 Å². The van der Waals surface area contributed by atoms with Crippen LogP contribution < -0.4 is 10.0 Å². The minimum atomic E-state index is -3.43. The Bertz CT molecular complexity index is 549. The lowest BCUT2D eigenvalue weighted by Crippen LogP contribution is -2.35. The Morgan fingerprint density at radius 2 is 1.86 bits per heavy atom. The molecule has 1 aliphatic carbocycles. The fourth-order valence-corrected chi connectivity index (χ4v) is 6.70. The molecule has 2 rings (SSSR count). The average molecular weight is 395 g/mol. The first-order chi connectivity index (χ1) is 10.0. The second-order valence-corrected chi connectivity index (χ2v) is 9.68. The molecule has 0 bridgehead atoms. The van der Waals surface area contributed by atoms with Gasteiger partial charge in [0.1, 0.15) is 4.90 Å². The molecule has 1 saturated carbocycles. The summed E-state index contributed by atoms with van der Waals surface area (Å²) in [7, 11) is -1.57. The topological polar surface area (TPSA) is 58.2 Å². The standard InChI is InChI=1S/C14H23BrN2O2S2/c1-16-10-12-9-13(14(15)20-12)21(18,19)17-11-7-5-3-2-4-6-8-11/h9,11,16-17H,2-8,10H2,1H3. The highest BCUT2D eigenvalue weighted by Gasteiger charge is 2.24. The summed E-state index contributed by atoms with van der Waals surface area (Å²) in [6.45, 7) is 0.683. The lowest BCUT2D eigenvalue weighted by molar-refractivity contribution is 0.426. The van der Waals surface area contributed by atoms with Gasteiger partial charge in [-0.25, -0.2) is 13.1 Å². The van der Waals surface area contributed by atoms with Gasteiger partial charge >= 0.3 is 0 Å². The molecule has 7 heteroatoms. The summed E-state index contributed by atoms with van der Waals surface area (Å²) in [5.41, 5.74) is 0. The molecule has 0 atom stereocenters. The van der Waals surface area contributed by atoms with E-state index in [1.807, 2.05) is 7.05 Å². The van der Waals surface area contributed by atoms with Crippen molar-refractivity contribution < 1.29 is 8.42 Å². The van der Waals surface area contributed by atoms with Crippen LogP contribution in [0.5, 0.6) is 0 Å². The van der Waals surface area contributed by atoms with E-state index in [0.717, 1.165) is 30.6 Å². The third-order valence-electron chi connectivity index (χ3n) is 3.77. The van der Waals surface area contributed by atoms with Crippen LogP contribution in [0.15, 0.2) is 14.7 Å². The molecule has 1 fully saturated rings. The van der Waals surface area contributed by atoms with Crippen molar-refractivity contribution in [3.05, 3.63) is 14.7 Å². The normalized spacial score (nSPS) is 18.4. The van der Waals surface area contributed by atoms with Crippen LogP contribution in [0, 0.1) is 0 Å². The number of rotatable bonds is 5. The Kier molecular flexibility index (Phi) is 6.68. The summed E-state index contributed by atoms with van der Waals surface area (Å²) in [5.74, 6) is 0. The zero-order chi connectivity index (χ0) is 15.3. The Morgan fingerprint density at radius 1 is 1.24 bits per heavy atom. The van der Waals surface area contributed by atoms with Crippen LogP contribution in [0.4, 0.5) is 0 Å². The molecule has 0 spiro atoms. The minimum absolute atomic E-state index is 0.0786. The first-order valence-electron chi connectivity index (χ1n) is 7.48. The van der Waals surface area contributed by atoms with E-state index in [2.05, 4.69) is 26.0 Å². The number of halogens is 1. The van der Waals surface area contributed by atoms with Gasteiger partial charge in [0.2, 0.25) is 10.0 Å². The number of hydrogen-bond donors (Lipinski definition) is 2. The second-order valence-electron chi connectivity index (χ2n) is 5.54. The highest BCUT2D eigenvalue weighted by atomic mass is 79.9. The van der Waals surface area contributed by atoms with Crippen LogP contribution in [0.25, 0.3) is 0 Å². The summed E-state index contributed by atoms with van der Waals surface area (Å²) in [4.78, 5) is 1.39. The Labute approximate surface area is 139 Å². The van der Waals surface area contributed by atoms with Crippen LogP contribution in [-0.4, -0.2) is 21.5 Å². The second kappa shape index (κ2) is 8.06. The van der Waals surface area contributed by atoms with E-state index in [-0.39, 0.29) is 6.04 Å². The largest absolute Gasteiger partial charge is 0.315 e. The summed E-state index contributed by atoms with van der Waals surface area (Å²) < 4.78 is 28.8. The van der Waals surface area contributed by atoms with Gasteiger partial charge in [0.15, 0.2) is 0 Å². The van der Waals surface area contributed by atoms with E-state index >= 15 is 0 Å². The van der Waals surface area contributed by atoms with Gasteiger partial charge in [0, 0.05) is 17.5 Å². The third kappa shape index (κ3) is 5.03. The first kappa shape index (κ1) is 17.4. The summed E-state index contributed by atoms with van der Waals surface area (Å²) in [5, 5.41) is 3.05. The molecule has 0 radical (unpaired) electrons. The molecule has 0 unspecified atom stereocenters. The molecule has 2 N–H and O–H groups in total. The maximum Gasteiger partial charge on any atom is 0.242 e. The fraction of sp³-hybridized carbons (Fsp3) is 0.714. The quantitative estimate of drug-likeness (QED) is 0.801. The fourth-order valence-electron chi connectivity index (χ4n) is 2.70. The summed E-state index contributed by atoms with van der Waals surface area (Å²) in [6, 6.07) is 1.84. The Hall–Kier alpha value is 0.0500. The molecule has 0 aromatic carbocycles. The molecule has 21 heavy (non-hydrogen) atoms. The minimum Gasteiger partial charge on any atom is -0.315 e. The molecule has 4 nitrogen and oxygen atoms in total. The molecule has 1 aromatic heterocycles. The van der Waals surface area contributed by atoms with E-state index < -0.39 is 10.0 Å². The van der Waals surface area contributed by atoms with Crippen molar-refractivity contribution in [2.24, 2.45) is 0 Å². The van der Waals surface area contributed by atoms with Gasteiger partial charge in [-0.05, 0) is 41.9 Å². The molecule has 0 saturated heterocycles. The van der Waals surface area contributed by atoms with Gasteiger partial charge in [-0.3, -0.25) is 0 Å². The smallest absolute Gasteiger partial charge is 0.242 e. The summed E-state index contributed by atoms with van der Waals surface area (Å²) in [6.07, 6.45) is 7.84. The predicted octanol–water partition coefficient (Wildman–Crippen LogP) is 3.62. The highest BCUT2D eigenvalue weighted by molar-refractivity contribution is 9.11. The van der Waals surface area contributed by atoms with Crippen molar-refractivity contribution in [2.75, 3.05) is 7.05 Å². The average Bonchev–Trinajstić information content (AvgIpc) is 2.75. The molecular weight excluding hydrogens is 372 g/mol. The van der Waals surface area contributed by atoms with Gasteiger partial charge in [-0.15, -0.1) is 11.3 Å². The zero-order valence-electron chi connectivity index (χ0n) is 12.3. The van der Waals surface area contributed by atoms with Crippen LogP contribution in [0.1, 0.15) is 49.8 Å². The van der Waals surface area contributed by atoms with Crippen LogP contribution >= 0.6 is 27.3 Å². The lowest BCUT2D eigenvalue weighted by Gasteiger charge is -2.20. The molecule has 1 heterocycles. The molecule has 0 aliphatic heterocycles. The Morgan fingerprint density at radius 3 is 2.48 bits per heavy atom. The highest BCUT2D eigenvalue weighted by Crippen LogP contribution is 2.32. The number of thiophene rings is 1. The van der Waals surface area contributed by atoms with Crippen molar-refractivity contribution in [1.29, 1.82) is 0 Å². The number of hydrogen-bond acceptors (Lipinski definition) is 4. The van der Waals surface area contributed by atoms with Crippen molar-refractivity contribution in [3.63, 3.8) is 0 Å². The maximum absolute atomic E-state index is 12.6. The van der Waals surface area contributed by atoms with Crippen molar-refractivity contribution >= 4 is 37.3 Å². The Balaban J connectivity index is 2.09. The molecule has 0 amide bonds.